The average molecular weight is 495 g/mol. The second-order valence-corrected chi connectivity index (χ2v) is 10.1. The molecule has 2 aromatic carbocycles. The summed E-state index contributed by atoms with van der Waals surface area (Å²) in [7, 11) is 1.70. The van der Waals surface area contributed by atoms with E-state index in [1.54, 1.807) is 7.05 Å². The number of rotatable bonds is 4. The third-order valence-electron chi connectivity index (χ3n) is 7.16. The van der Waals surface area contributed by atoms with Crippen LogP contribution in [0.2, 0.25) is 5.02 Å². The quantitative estimate of drug-likeness (QED) is 0.707. The Morgan fingerprint density at radius 2 is 1.71 bits per heavy atom. The van der Waals surface area contributed by atoms with Gasteiger partial charge in [0.05, 0.1) is 0 Å². The smallest absolute Gasteiger partial charge is 0.325 e. The molecule has 2 aromatic rings. The first-order valence-corrected chi connectivity index (χ1v) is 12.4. The average Bonchev–Trinajstić information content (AvgIpc) is 3.22. The van der Waals surface area contributed by atoms with Crippen LogP contribution in [-0.2, 0) is 17.9 Å². The molecule has 2 saturated heterocycles. The minimum Gasteiger partial charge on any atom is -0.340 e. The van der Waals surface area contributed by atoms with Crippen LogP contribution >= 0.6 is 11.6 Å². The standard InChI is InChI=1S/C26H31ClN6O2/c1-17-4-5-18(2)20(14-17)16-33-22-23(30(3)26(35)29-24(22)34)28-25(33)32-12-10-31(11-13-32)15-19-6-8-21(27)9-7-19/h4-9,14,22-23H,10-13,15-16H2,1-3H3,(H,29,34,35). The van der Waals surface area contributed by atoms with Crippen LogP contribution in [0.25, 0.3) is 0 Å². The molecular weight excluding hydrogens is 464 g/mol. The summed E-state index contributed by atoms with van der Waals surface area (Å²) in [6.07, 6.45) is -0.525. The number of nitrogens with zero attached hydrogens (tertiary/aromatic N) is 5. The molecule has 8 nitrogen and oxygen atoms in total. The zero-order chi connectivity index (χ0) is 24.7. The van der Waals surface area contributed by atoms with Crippen LogP contribution in [0.4, 0.5) is 4.79 Å². The molecule has 0 radical (unpaired) electrons. The number of guanidine groups is 1. The molecule has 0 aromatic heterocycles. The van der Waals surface area contributed by atoms with Crippen molar-refractivity contribution in [3.8, 4) is 0 Å². The summed E-state index contributed by atoms with van der Waals surface area (Å²) in [4.78, 5) is 38.5. The van der Waals surface area contributed by atoms with Crippen molar-refractivity contribution in [1.82, 2.24) is 24.9 Å². The van der Waals surface area contributed by atoms with E-state index in [9.17, 15) is 9.59 Å². The lowest BCUT2D eigenvalue weighted by atomic mass is 10.0. The lowest BCUT2D eigenvalue weighted by Crippen LogP contribution is -2.64. The van der Waals surface area contributed by atoms with Gasteiger partial charge in [-0.05, 0) is 42.7 Å². The van der Waals surface area contributed by atoms with Gasteiger partial charge in [-0.3, -0.25) is 15.0 Å². The fraction of sp³-hybridized carbons (Fsp3) is 0.423. The van der Waals surface area contributed by atoms with Gasteiger partial charge in [0.1, 0.15) is 0 Å². The van der Waals surface area contributed by atoms with Crippen molar-refractivity contribution in [2.24, 2.45) is 4.99 Å². The number of benzene rings is 2. The number of carbonyl (C=O) groups is 2. The van der Waals surface area contributed by atoms with Crippen molar-refractivity contribution >= 4 is 29.5 Å². The maximum atomic E-state index is 13.0. The van der Waals surface area contributed by atoms with Crippen LogP contribution < -0.4 is 5.32 Å². The number of nitrogens with one attached hydrogen (secondary N) is 1. The van der Waals surface area contributed by atoms with Crippen molar-refractivity contribution in [1.29, 1.82) is 0 Å². The number of aliphatic imine (C=N–C) groups is 1. The van der Waals surface area contributed by atoms with Gasteiger partial charge in [-0.25, -0.2) is 9.79 Å². The lowest BCUT2D eigenvalue weighted by molar-refractivity contribution is -0.127. The normalized spacial score (nSPS) is 22.9. The minimum absolute atomic E-state index is 0.288. The number of urea groups is 1. The van der Waals surface area contributed by atoms with E-state index in [0.29, 0.717) is 6.54 Å². The first-order valence-electron chi connectivity index (χ1n) is 12.0. The topological polar surface area (TPSA) is 71.5 Å². The summed E-state index contributed by atoms with van der Waals surface area (Å²) in [5, 5.41) is 3.25. The molecule has 35 heavy (non-hydrogen) atoms. The predicted octanol–water partition coefficient (Wildman–Crippen LogP) is 2.82. The number of likely N-dealkylation sites (N-methyl/N-ethyl adjacent to an activating group) is 1. The highest BCUT2D eigenvalue weighted by atomic mass is 35.5. The fourth-order valence-electron chi connectivity index (χ4n) is 5.05. The van der Waals surface area contributed by atoms with Crippen LogP contribution in [0.1, 0.15) is 22.3 Å². The first kappa shape index (κ1) is 23.6. The number of piperazine rings is 1. The maximum Gasteiger partial charge on any atom is 0.325 e. The number of hydrogen-bond acceptors (Lipinski definition) is 6. The Bertz CT molecular complexity index is 1160. The highest BCUT2D eigenvalue weighted by molar-refractivity contribution is 6.30. The van der Waals surface area contributed by atoms with E-state index in [-0.39, 0.29) is 5.91 Å². The van der Waals surface area contributed by atoms with Crippen molar-refractivity contribution in [3.63, 3.8) is 0 Å². The highest BCUT2D eigenvalue weighted by Crippen LogP contribution is 2.29. The Morgan fingerprint density at radius 1 is 1.00 bits per heavy atom. The molecule has 2 atom stereocenters. The third-order valence-corrected chi connectivity index (χ3v) is 7.41. The molecule has 0 aliphatic carbocycles. The van der Waals surface area contributed by atoms with E-state index in [4.69, 9.17) is 16.6 Å². The molecule has 0 bridgehead atoms. The molecule has 2 unspecified atom stereocenters. The van der Waals surface area contributed by atoms with Crippen molar-refractivity contribution in [2.75, 3.05) is 33.2 Å². The van der Waals surface area contributed by atoms with E-state index in [1.165, 1.54) is 21.6 Å². The van der Waals surface area contributed by atoms with E-state index in [2.05, 4.69) is 64.2 Å². The number of carbonyl (C=O) groups excluding carboxylic acids is 2. The second kappa shape index (κ2) is 9.51. The summed E-state index contributed by atoms with van der Waals surface area (Å²) >= 11 is 6.03. The molecule has 3 aliphatic rings. The highest BCUT2D eigenvalue weighted by Gasteiger charge is 2.49. The molecule has 2 fully saturated rings. The Kier molecular flexibility index (Phi) is 6.42. The van der Waals surface area contributed by atoms with Gasteiger partial charge in [0, 0.05) is 51.3 Å². The van der Waals surface area contributed by atoms with E-state index >= 15 is 0 Å². The van der Waals surface area contributed by atoms with E-state index in [0.717, 1.165) is 49.3 Å². The largest absolute Gasteiger partial charge is 0.340 e. The molecule has 3 aliphatic heterocycles. The second-order valence-electron chi connectivity index (χ2n) is 9.64. The predicted molar refractivity (Wildman–Crippen MR) is 136 cm³/mol. The Labute approximate surface area is 211 Å². The minimum atomic E-state index is -0.542. The first-order chi connectivity index (χ1) is 16.8. The molecule has 3 heterocycles. The van der Waals surface area contributed by atoms with Gasteiger partial charge in [0.25, 0.3) is 5.91 Å². The Balaban J connectivity index is 1.36. The van der Waals surface area contributed by atoms with E-state index < -0.39 is 18.2 Å². The monoisotopic (exact) mass is 494 g/mol. The number of halogens is 1. The summed E-state index contributed by atoms with van der Waals surface area (Å²) in [5.41, 5.74) is 4.75. The van der Waals surface area contributed by atoms with Gasteiger partial charge in [-0.2, -0.15) is 0 Å². The molecule has 0 saturated carbocycles. The van der Waals surface area contributed by atoms with Gasteiger partial charge in [0.15, 0.2) is 18.2 Å². The SMILES string of the molecule is Cc1ccc(C)c(CN2C(N3CCN(Cc4ccc(Cl)cc4)CC3)=NC3C2C(=O)NC(=O)N3C)c1. The zero-order valence-corrected chi connectivity index (χ0v) is 21.1. The van der Waals surface area contributed by atoms with Gasteiger partial charge < -0.3 is 14.7 Å². The molecule has 3 amide bonds. The van der Waals surface area contributed by atoms with Crippen molar-refractivity contribution in [3.05, 3.63) is 69.7 Å². The van der Waals surface area contributed by atoms with Gasteiger partial charge >= 0.3 is 6.03 Å². The van der Waals surface area contributed by atoms with Crippen molar-refractivity contribution < 1.29 is 9.59 Å². The van der Waals surface area contributed by atoms with Crippen LogP contribution in [0.5, 0.6) is 0 Å². The van der Waals surface area contributed by atoms with Crippen LogP contribution in [-0.4, -0.2) is 82.9 Å². The summed E-state index contributed by atoms with van der Waals surface area (Å²) < 4.78 is 0. The van der Waals surface area contributed by atoms with Crippen LogP contribution in [0, 0.1) is 13.8 Å². The summed E-state index contributed by atoms with van der Waals surface area (Å²) in [6.45, 7) is 8.96. The number of hydrogen-bond donors (Lipinski definition) is 1. The fourth-order valence-corrected chi connectivity index (χ4v) is 5.18. The Morgan fingerprint density at radius 3 is 2.43 bits per heavy atom. The number of fused-ring (bicyclic) bond motifs is 1. The number of aryl methyl sites for hydroxylation is 2. The molecule has 5 rings (SSSR count). The number of amides is 3. The van der Waals surface area contributed by atoms with Gasteiger partial charge in [-0.15, -0.1) is 0 Å². The molecule has 1 N–H and O–H groups in total. The van der Waals surface area contributed by atoms with Crippen molar-refractivity contribution in [2.45, 2.75) is 39.1 Å². The molecule has 9 heteroatoms. The summed E-state index contributed by atoms with van der Waals surface area (Å²) in [6, 6.07) is 13.4. The van der Waals surface area contributed by atoms with Gasteiger partial charge in [0.2, 0.25) is 0 Å². The lowest BCUT2D eigenvalue weighted by Gasteiger charge is -2.40. The van der Waals surface area contributed by atoms with E-state index in [1.807, 2.05) is 12.1 Å². The zero-order valence-electron chi connectivity index (χ0n) is 20.4. The summed E-state index contributed by atoms with van der Waals surface area (Å²) in [5.74, 6) is 0.507. The van der Waals surface area contributed by atoms with Crippen LogP contribution in [0.3, 0.4) is 0 Å². The molecule has 184 valence electrons. The molecular formula is C26H31ClN6O2. The number of imide groups is 1. The molecule has 0 spiro atoms. The van der Waals surface area contributed by atoms with Gasteiger partial charge in [-0.1, -0.05) is 47.5 Å². The Hall–Kier alpha value is -3.10. The maximum absolute atomic E-state index is 13.0. The van der Waals surface area contributed by atoms with Crippen LogP contribution in [0.15, 0.2) is 47.5 Å². The third kappa shape index (κ3) is 4.73.